The molecule has 4 rings (SSSR count). The molecule has 0 spiro atoms. The van der Waals surface area contributed by atoms with Crippen LogP contribution in [0, 0.1) is 13.8 Å². The van der Waals surface area contributed by atoms with E-state index in [0.717, 1.165) is 27.7 Å². The van der Waals surface area contributed by atoms with Crippen molar-refractivity contribution in [2.75, 3.05) is 18.5 Å². The summed E-state index contributed by atoms with van der Waals surface area (Å²) in [7, 11) is 1.62. The number of fused-ring (bicyclic) bond motifs is 2. The Morgan fingerprint density at radius 3 is 2.86 bits per heavy atom. The van der Waals surface area contributed by atoms with Gasteiger partial charge in [-0.25, -0.2) is 4.98 Å². The summed E-state index contributed by atoms with van der Waals surface area (Å²) in [5, 5.41) is 4.22. The second kappa shape index (κ2) is 7.32. The Morgan fingerprint density at radius 2 is 2.07 bits per heavy atom. The van der Waals surface area contributed by atoms with Crippen molar-refractivity contribution in [2.24, 2.45) is 0 Å². The minimum absolute atomic E-state index is 0.145. The van der Waals surface area contributed by atoms with E-state index in [4.69, 9.17) is 16.3 Å². The summed E-state index contributed by atoms with van der Waals surface area (Å²) in [5.41, 5.74) is 5.13. The molecule has 1 aliphatic rings. The smallest absolute Gasteiger partial charge is 0.262 e. The topological polar surface area (TPSA) is 54.5 Å². The second-order valence-electron chi connectivity index (χ2n) is 7.09. The molecule has 2 heterocycles. The van der Waals surface area contributed by atoms with Crippen LogP contribution >= 0.6 is 11.6 Å². The highest BCUT2D eigenvalue weighted by atomic mass is 35.5. The van der Waals surface area contributed by atoms with Crippen molar-refractivity contribution in [3.05, 3.63) is 64.3 Å². The Bertz CT molecular complexity index is 1070. The molecule has 1 atom stereocenters. The molecule has 2 aromatic carbocycles. The number of nitrogens with zero attached hydrogens (tertiary/aromatic N) is 2. The van der Waals surface area contributed by atoms with Gasteiger partial charge in [-0.3, -0.25) is 4.79 Å². The summed E-state index contributed by atoms with van der Waals surface area (Å²) in [6.07, 6.45) is -0.572. The molecule has 0 saturated heterocycles. The number of aromatic nitrogens is 1. The summed E-state index contributed by atoms with van der Waals surface area (Å²) in [5.74, 6) is 0.548. The SMILES string of the molecule is CNC(=O)[C@H]1CN(Cc2cc3ccc(C)c(C)c3nc2Cl)c2ccccc2O1. The van der Waals surface area contributed by atoms with Crippen LogP contribution in [-0.4, -0.2) is 30.6 Å². The molecule has 144 valence electrons. The summed E-state index contributed by atoms with van der Waals surface area (Å²) >= 11 is 6.55. The van der Waals surface area contributed by atoms with Gasteiger partial charge in [0.05, 0.1) is 17.7 Å². The molecule has 0 unspecified atom stereocenters. The van der Waals surface area contributed by atoms with Crippen LogP contribution in [0.3, 0.4) is 0 Å². The lowest BCUT2D eigenvalue weighted by molar-refractivity contribution is -0.127. The van der Waals surface area contributed by atoms with E-state index in [0.29, 0.717) is 24.0 Å². The third-order valence-electron chi connectivity index (χ3n) is 5.30. The molecule has 0 fully saturated rings. The first-order valence-electron chi connectivity index (χ1n) is 9.25. The number of hydrogen-bond acceptors (Lipinski definition) is 4. The fourth-order valence-corrected chi connectivity index (χ4v) is 3.77. The van der Waals surface area contributed by atoms with Crippen molar-refractivity contribution in [2.45, 2.75) is 26.5 Å². The number of aryl methyl sites for hydroxylation is 2. The molecule has 1 N–H and O–H groups in total. The second-order valence-corrected chi connectivity index (χ2v) is 7.44. The van der Waals surface area contributed by atoms with Crippen molar-refractivity contribution < 1.29 is 9.53 Å². The molecule has 6 heteroatoms. The van der Waals surface area contributed by atoms with Crippen molar-refractivity contribution >= 4 is 34.1 Å². The summed E-state index contributed by atoms with van der Waals surface area (Å²) < 4.78 is 5.88. The first-order valence-corrected chi connectivity index (χ1v) is 9.63. The molecular formula is C22H22ClN3O2. The molecule has 28 heavy (non-hydrogen) atoms. The zero-order valence-corrected chi connectivity index (χ0v) is 16.9. The van der Waals surface area contributed by atoms with Crippen molar-refractivity contribution in [3.8, 4) is 5.75 Å². The number of anilines is 1. The summed E-state index contributed by atoms with van der Waals surface area (Å²) in [6, 6.07) is 14.0. The number of carbonyl (C=O) groups is 1. The number of para-hydroxylation sites is 2. The zero-order valence-electron chi connectivity index (χ0n) is 16.1. The van der Waals surface area contributed by atoms with Crippen LogP contribution in [0.1, 0.15) is 16.7 Å². The number of hydrogen-bond donors (Lipinski definition) is 1. The van der Waals surface area contributed by atoms with Gasteiger partial charge in [0.1, 0.15) is 10.9 Å². The molecule has 0 saturated carbocycles. The van der Waals surface area contributed by atoms with Crippen LogP contribution in [0.2, 0.25) is 5.15 Å². The number of benzene rings is 2. The summed E-state index contributed by atoms with van der Waals surface area (Å²) in [6.45, 7) is 5.12. The maximum Gasteiger partial charge on any atom is 0.262 e. The Morgan fingerprint density at radius 1 is 1.29 bits per heavy atom. The predicted molar refractivity (Wildman–Crippen MR) is 112 cm³/mol. The van der Waals surface area contributed by atoms with E-state index < -0.39 is 6.10 Å². The van der Waals surface area contributed by atoms with Gasteiger partial charge in [-0.1, -0.05) is 35.9 Å². The van der Waals surface area contributed by atoms with Crippen LogP contribution < -0.4 is 15.0 Å². The van der Waals surface area contributed by atoms with Gasteiger partial charge in [-0.2, -0.15) is 0 Å². The summed E-state index contributed by atoms with van der Waals surface area (Å²) in [4.78, 5) is 19.0. The van der Waals surface area contributed by atoms with Crippen LogP contribution in [0.5, 0.6) is 5.75 Å². The number of ether oxygens (including phenoxy) is 1. The highest BCUT2D eigenvalue weighted by Crippen LogP contribution is 2.35. The third kappa shape index (κ3) is 3.27. The van der Waals surface area contributed by atoms with E-state index in [1.54, 1.807) is 7.05 Å². The highest BCUT2D eigenvalue weighted by molar-refractivity contribution is 6.30. The Labute approximate surface area is 169 Å². The number of rotatable bonds is 3. The number of likely N-dealkylation sites (N-methyl/N-ethyl adjacent to an activating group) is 1. The maximum absolute atomic E-state index is 12.2. The van der Waals surface area contributed by atoms with Gasteiger partial charge in [-0.15, -0.1) is 0 Å². The standard InChI is InChI=1S/C22H22ClN3O2/c1-13-8-9-15-10-16(21(23)25-20(15)14(13)2)11-26-12-19(22(27)24-3)28-18-7-5-4-6-17(18)26/h4-10,19H,11-12H2,1-3H3,(H,24,27)/t19-/m1/s1. The molecule has 5 nitrogen and oxygen atoms in total. The molecule has 1 amide bonds. The van der Waals surface area contributed by atoms with Gasteiger partial charge < -0.3 is 15.0 Å². The van der Waals surface area contributed by atoms with Crippen LogP contribution in [0.15, 0.2) is 42.5 Å². The molecular weight excluding hydrogens is 374 g/mol. The zero-order chi connectivity index (χ0) is 19.8. The number of pyridine rings is 1. The van der Waals surface area contributed by atoms with Gasteiger partial charge in [0, 0.05) is 24.5 Å². The molecule has 3 aromatic rings. The largest absolute Gasteiger partial charge is 0.477 e. The van der Waals surface area contributed by atoms with E-state index in [1.807, 2.05) is 24.3 Å². The number of halogens is 1. The maximum atomic E-state index is 12.2. The number of amides is 1. The molecule has 0 radical (unpaired) electrons. The van der Waals surface area contributed by atoms with E-state index in [-0.39, 0.29) is 5.91 Å². The quantitative estimate of drug-likeness (QED) is 0.680. The van der Waals surface area contributed by atoms with Gasteiger partial charge in [-0.05, 0) is 43.2 Å². The Balaban J connectivity index is 1.72. The van der Waals surface area contributed by atoms with Crippen molar-refractivity contribution in [3.63, 3.8) is 0 Å². The van der Waals surface area contributed by atoms with Gasteiger partial charge in [0.15, 0.2) is 6.10 Å². The molecule has 1 aromatic heterocycles. The lowest BCUT2D eigenvalue weighted by atomic mass is 10.0. The van der Waals surface area contributed by atoms with E-state index in [2.05, 4.69) is 47.2 Å². The van der Waals surface area contributed by atoms with Gasteiger partial charge in [0.25, 0.3) is 5.91 Å². The van der Waals surface area contributed by atoms with Crippen molar-refractivity contribution in [1.82, 2.24) is 10.3 Å². The minimum atomic E-state index is -0.572. The van der Waals surface area contributed by atoms with Gasteiger partial charge in [0.2, 0.25) is 0 Å². The average molecular weight is 396 g/mol. The van der Waals surface area contributed by atoms with Crippen molar-refractivity contribution in [1.29, 1.82) is 0 Å². The van der Waals surface area contributed by atoms with Crippen LogP contribution in [0.4, 0.5) is 5.69 Å². The Kier molecular flexibility index (Phi) is 4.85. The lowest BCUT2D eigenvalue weighted by Crippen LogP contribution is -2.48. The molecule has 0 aliphatic carbocycles. The fraction of sp³-hybridized carbons (Fsp3) is 0.273. The molecule has 1 aliphatic heterocycles. The highest BCUT2D eigenvalue weighted by Gasteiger charge is 2.30. The normalized spacial score (nSPS) is 15.9. The van der Waals surface area contributed by atoms with E-state index in [1.165, 1.54) is 5.56 Å². The van der Waals surface area contributed by atoms with Crippen LogP contribution in [0.25, 0.3) is 10.9 Å². The Hall–Kier alpha value is -2.79. The van der Waals surface area contributed by atoms with Gasteiger partial charge >= 0.3 is 0 Å². The number of carbonyl (C=O) groups excluding carboxylic acids is 1. The lowest BCUT2D eigenvalue weighted by Gasteiger charge is -2.35. The predicted octanol–water partition coefficient (Wildman–Crippen LogP) is 4.02. The minimum Gasteiger partial charge on any atom is -0.477 e. The van der Waals surface area contributed by atoms with E-state index in [9.17, 15) is 4.79 Å². The average Bonchev–Trinajstić information content (AvgIpc) is 2.71. The monoisotopic (exact) mass is 395 g/mol. The first kappa shape index (κ1) is 18.6. The molecule has 0 bridgehead atoms. The third-order valence-corrected chi connectivity index (χ3v) is 5.63. The number of nitrogens with one attached hydrogen (secondary N) is 1. The van der Waals surface area contributed by atoms with E-state index >= 15 is 0 Å². The fourth-order valence-electron chi connectivity index (χ4n) is 3.57. The van der Waals surface area contributed by atoms with Crippen LogP contribution in [-0.2, 0) is 11.3 Å². The first-order chi connectivity index (χ1) is 13.5.